The smallest absolute Gasteiger partial charge is 0.127 e. The SMILES string of the molecule is Cc1c(CC[C@H](C)CCC[C@H](C)CCCC(C)C)c(O)c2ccccc2c1O. The first-order chi connectivity index (χ1) is 13.3. The Morgan fingerprint density at radius 3 is 1.79 bits per heavy atom. The van der Waals surface area contributed by atoms with Gasteiger partial charge in [-0.1, -0.05) is 90.5 Å². The molecule has 2 rings (SSSR count). The summed E-state index contributed by atoms with van der Waals surface area (Å²) < 4.78 is 0. The van der Waals surface area contributed by atoms with Gasteiger partial charge in [-0.25, -0.2) is 0 Å². The average Bonchev–Trinajstić information content (AvgIpc) is 2.66. The van der Waals surface area contributed by atoms with Crippen LogP contribution >= 0.6 is 0 Å². The van der Waals surface area contributed by atoms with Gasteiger partial charge in [-0.15, -0.1) is 0 Å². The van der Waals surface area contributed by atoms with Gasteiger partial charge >= 0.3 is 0 Å². The number of hydrogen-bond acceptors (Lipinski definition) is 2. The van der Waals surface area contributed by atoms with Crippen LogP contribution in [0, 0.1) is 24.7 Å². The highest BCUT2D eigenvalue weighted by Crippen LogP contribution is 2.40. The van der Waals surface area contributed by atoms with Crippen molar-refractivity contribution in [3.05, 3.63) is 35.4 Å². The van der Waals surface area contributed by atoms with Gasteiger partial charge in [-0.2, -0.15) is 0 Å². The van der Waals surface area contributed by atoms with E-state index in [0.29, 0.717) is 17.4 Å². The second kappa shape index (κ2) is 10.7. The zero-order valence-corrected chi connectivity index (χ0v) is 18.6. The van der Waals surface area contributed by atoms with E-state index in [4.69, 9.17) is 0 Å². The summed E-state index contributed by atoms with van der Waals surface area (Å²) in [5, 5.41) is 22.7. The highest BCUT2D eigenvalue weighted by molar-refractivity contribution is 5.95. The topological polar surface area (TPSA) is 40.5 Å². The number of rotatable bonds is 11. The van der Waals surface area contributed by atoms with Crippen LogP contribution in [0.3, 0.4) is 0 Å². The molecule has 2 atom stereocenters. The van der Waals surface area contributed by atoms with E-state index in [0.717, 1.165) is 46.6 Å². The van der Waals surface area contributed by atoms with Crippen LogP contribution in [0.2, 0.25) is 0 Å². The molecule has 2 heteroatoms. The molecule has 2 N–H and O–H groups in total. The van der Waals surface area contributed by atoms with Crippen molar-refractivity contribution in [3.8, 4) is 11.5 Å². The molecule has 0 aliphatic carbocycles. The molecule has 2 aromatic rings. The Bertz CT molecular complexity index is 748. The molecule has 0 heterocycles. The molecule has 2 aromatic carbocycles. The lowest BCUT2D eigenvalue weighted by atomic mass is 9.89. The first kappa shape index (κ1) is 22.6. The van der Waals surface area contributed by atoms with E-state index < -0.39 is 0 Å². The number of hydrogen-bond donors (Lipinski definition) is 2. The number of phenols is 2. The van der Waals surface area contributed by atoms with Crippen molar-refractivity contribution in [2.24, 2.45) is 17.8 Å². The fraction of sp³-hybridized carbons (Fsp3) is 0.615. The maximum atomic E-state index is 10.7. The van der Waals surface area contributed by atoms with Gasteiger partial charge in [0.15, 0.2) is 0 Å². The molecule has 0 radical (unpaired) electrons. The summed E-state index contributed by atoms with van der Waals surface area (Å²) in [4.78, 5) is 0. The zero-order chi connectivity index (χ0) is 20.7. The van der Waals surface area contributed by atoms with Gasteiger partial charge in [-0.05, 0) is 43.1 Å². The molecule has 0 saturated carbocycles. The van der Waals surface area contributed by atoms with Crippen molar-refractivity contribution in [3.63, 3.8) is 0 Å². The Morgan fingerprint density at radius 2 is 1.21 bits per heavy atom. The zero-order valence-electron chi connectivity index (χ0n) is 18.6. The average molecular weight is 385 g/mol. The number of benzene rings is 2. The molecule has 0 aliphatic heterocycles. The van der Waals surface area contributed by atoms with Crippen LogP contribution in [0.1, 0.15) is 83.8 Å². The van der Waals surface area contributed by atoms with Gasteiger partial charge in [0, 0.05) is 16.3 Å². The summed E-state index contributed by atoms with van der Waals surface area (Å²) in [5.74, 6) is 2.94. The highest BCUT2D eigenvalue weighted by Gasteiger charge is 2.16. The largest absolute Gasteiger partial charge is 0.507 e. The van der Waals surface area contributed by atoms with Gasteiger partial charge in [-0.3, -0.25) is 0 Å². The van der Waals surface area contributed by atoms with E-state index in [1.807, 2.05) is 31.2 Å². The summed E-state index contributed by atoms with van der Waals surface area (Å²) >= 11 is 0. The quantitative estimate of drug-likeness (QED) is 0.389. The monoisotopic (exact) mass is 384 g/mol. The van der Waals surface area contributed by atoms with Crippen LogP contribution < -0.4 is 0 Å². The van der Waals surface area contributed by atoms with Crippen molar-refractivity contribution in [1.82, 2.24) is 0 Å². The Hall–Kier alpha value is -1.70. The fourth-order valence-corrected chi connectivity index (χ4v) is 4.26. The molecular formula is C26H40O2. The van der Waals surface area contributed by atoms with E-state index in [1.165, 1.54) is 38.5 Å². The van der Waals surface area contributed by atoms with Crippen LogP contribution in [-0.4, -0.2) is 10.2 Å². The minimum atomic E-state index is 0.311. The molecule has 2 nitrogen and oxygen atoms in total. The van der Waals surface area contributed by atoms with Gasteiger partial charge in [0.25, 0.3) is 0 Å². The molecule has 0 spiro atoms. The Morgan fingerprint density at radius 1 is 0.714 bits per heavy atom. The molecule has 0 aromatic heterocycles. The van der Waals surface area contributed by atoms with Crippen molar-refractivity contribution in [2.45, 2.75) is 86.0 Å². The highest BCUT2D eigenvalue weighted by atomic mass is 16.3. The predicted octanol–water partition coefficient (Wildman–Crippen LogP) is 7.76. The van der Waals surface area contributed by atoms with Crippen LogP contribution in [0.15, 0.2) is 24.3 Å². The van der Waals surface area contributed by atoms with Crippen LogP contribution in [0.5, 0.6) is 11.5 Å². The fourth-order valence-electron chi connectivity index (χ4n) is 4.26. The van der Waals surface area contributed by atoms with E-state index in [2.05, 4.69) is 27.7 Å². The summed E-state index contributed by atoms with van der Waals surface area (Å²) in [6.07, 6.45) is 9.79. The van der Waals surface area contributed by atoms with Gasteiger partial charge in [0.2, 0.25) is 0 Å². The first-order valence-electron chi connectivity index (χ1n) is 11.2. The summed E-state index contributed by atoms with van der Waals surface area (Å²) in [7, 11) is 0. The van der Waals surface area contributed by atoms with Crippen LogP contribution in [-0.2, 0) is 6.42 Å². The van der Waals surface area contributed by atoms with Gasteiger partial charge in [0.1, 0.15) is 11.5 Å². The molecule has 0 amide bonds. The van der Waals surface area contributed by atoms with E-state index >= 15 is 0 Å². The van der Waals surface area contributed by atoms with Crippen LogP contribution in [0.4, 0.5) is 0 Å². The number of aromatic hydroxyl groups is 2. The van der Waals surface area contributed by atoms with Crippen molar-refractivity contribution < 1.29 is 10.2 Å². The molecule has 0 fully saturated rings. The lowest BCUT2D eigenvalue weighted by molar-refractivity contribution is 0.391. The molecule has 28 heavy (non-hydrogen) atoms. The number of phenolic OH excluding ortho intramolecular Hbond substituents is 2. The van der Waals surface area contributed by atoms with Gasteiger partial charge < -0.3 is 10.2 Å². The third-order valence-electron chi connectivity index (χ3n) is 6.29. The summed E-state index contributed by atoms with van der Waals surface area (Å²) in [6, 6.07) is 7.56. The van der Waals surface area contributed by atoms with Crippen molar-refractivity contribution in [2.75, 3.05) is 0 Å². The standard InChI is InChI=1S/C26H40O2/c1-18(2)10-8-11-19(3)12-9-13-20(4)16-17-22-21(5)25(27)23-14-6-7-15-24(23)26(22)28/h6-7,14-15,18-20,27-28H,8-13,16-17H2,1-5H3/t19-,20-/m1/s1. The first-order valence-corrected chi connectivity index (χ1v) is 11.2. The Labute approximate surface area is 172 Å². The molecule has 0 unspecified atom stereocenters. The predicted molar refractivity (Wildman–Crippen MR) is 121 cm³/mol. The Balaban J connectivity index is 1.84. The molecule has 0 bridgehead atoms. The molecule has 156 valence electrons. The number of fused-ring (bicyclic) bond motifs is 1. The summed E-state index contributed by atoms with van der Waals surface area (Å²) in [6.45, 7) is 11.2. The lowest BCUT2D eigenvalue weighted by Crippen LogP contribution is -2.02. The maximum Gasteiger partial charge on any atom is 0.127 e. The second-order valence-corrected chi connectivity index (χ2v) is 9.35. The summed E-state index contributed by atoms with van der Waals surface area (Å²) in [5.41, 5.74) is 1.73. The second-order valence-electron chi connectivity index (χ2n) is 9.35. The lowest BCUT2D eigenvalue weighted by Gasteiger charge is -2.17. The van der Waals surface area contributed by atoms with Crippen molar-refractivity contribution in [1.29, 1.82) is 0 Å². The maximum absolute atomic E-state index is 10.7. The molecule has 0 aliphatic rings. The third kappa shape index (κ3) is 6.15. The minimum absolute atomic E-state index is 0.311. The van der Waals surface area contributed by atoms with E-state index in [1.54, 1.807) is 0 Å². The molecular weight excluding hydrogens is 344 g/mol. The van der Waals surface area contributed by atoms with Crippen molar-refractivity contribution >= 4 is 10.8 Å². The normalized spacial score (nSPS) is 13.9. The third-order valence-corrected chi connectivity index (χ3v) is 6.29. The van der Waals surface area contributed by atoms with Gasteiger partial charge in [0.05, 0.1) is 0 Å². The molecule has 0 saturated heterocycles. The van der Waals surface area contributed by atoms with E-state index in [9.17, 15) is 10.2 Å². The van der Waals surface area contributed by atoms with Crippen LogP contribution in [0.25, 0.3) is 10.8 Å². The minimum Gasteiger partial charge on any atom is -0.507 e. The van der Waals surface area contributed by atoms with E-state index in [-0.39, 0.29) is 0 Å². The Kier molecular flexibility index (Phi) is 8.66.